The molecular weight excluding hydrogens is 534 g/mol. The van der Waals surface area contributed by atoms with E-state index >= 15 is 0 Å². The van der Waals surface area contributed by atoms with Crippen molar-refractivity contribution in [3.63, 3.8) is 0 Å². The molecule has 5 fully saturated rings. The molecule has 5 aliphatic rings. The molecule has 0 spiro atoms. The zero-order chi connectivity index (χ0) is 31.8. The van der Waals surface area contributed by atoms with E-state index in [9.17, 15) is 14.7 Å². The molecule has 5 aliphatic carbocycles. The molecule has 0 radical (unpaired) electrons. The smallest absolute Gasteiger partial charge is 0.309 e. The molecule has 0 aliphatic heterocycles. The van der Waals surface area contributed by atoms with E-state index in [2.05, 4.69) is 60.5 Å². The molecule has 0 aromatic carbocycles. The van der Waals surface area contributed by atoms with Crippen molar-refractivity contribution >= 4 is 11.9 Å². The highest BCUT2D eigenvalue weighted by Gasteiger charge is 2.71. The summed E-state index contributed by atoms with van der Waals surface area (Å²) in [5, 5.41) is 13.0. The molecule has 5 heteroatoms. The van der Waals surface area contributed by atoms with E-state index in [0.717, 1.165) is 31.2 Å². The van der Waals surface area contributed by atoms with Gasteiger partial charge >= 0.3 is 11.9 Å². The van der Waals surface area contributed by atoms with E-state index in [-0.39, 0.29) is 29.3 Å². The number of carboxylic acids is 1. The second-order valence-electron chi connectivity index (χ2n) is 18.1. The standard InChI is InChI=1S/C38H63NO4/c1-24(2)25-13-18-38(21-22-39-10)20-19-36(8)26(31(25)38)11-12-28-35(7)16-15-29(43-30(40)23-33(3,4)32(41)42)34(5,6)27(35)14-17-37(28,36)9/h25-29,31,39H,1,11-23H2,2-10H3,(H,41,42)/t25-,26+,27?,28?,29-,31?,35-,36+,37+,38+/m0/s1. The van der Waals surface area contributed by atoms with Crippen LogP contribution in [0.15, 0.2) is 12.2 Å². The van der Waals surface area contributed by atoms with Crippen LogP contribution in [0.4, 0.5) is 0 Å². The van der Waals surface area contributed by atoms with Crippen molar-refractivity contribution in [2.45, 2.75) is 139 Å². The second-order valence-corrected chi connectivity index (χ2v) is 18.1. The van der Waals surface area contributed by atoms with Gasteiger partial charge in [0.05, 0.1) is 11.8 Å². The lowest BCUT2D eigenvalue weighted by molar-refractivity contribution is -0.250. The molecule has 5 rings (SSSR count). The van der Waals surface area contributed by atoms with Gasteiger partial charge in [-0.3, -0.25) is 9.59 Å². The predicted molar refractivity (Wildman–Crippen MR) is 173 cm³/mol. The number of esters is 1. The zero-order valence-corrected chi connectivity index (χ0v) is 29.0. The number of nitrogens with one attached hydrogen (secondary N) is 1. The lowest BCUT2D eigenvalue weighted by atomic mass is 9.32. The molecule has 244 valence electrons. The molecule has 0 heterocycles. The first kappa shape index (κ1) is 33.0. The summed E-state index contributed by atoms with van der Waals surface area (Å²) in [5.41, 5.74) is 1.51. The van der Waals surface area contributed by atoms with Crippen molar-refractivity contribution in [2.75, 3.05) is 13.6 Å². The monoisotopic (exact) mass is 597 g/mol. The average molecular weight is 598 g/mol. The summed E-state index contributed by atoms with van der Waals surface area (Å²) < 4.78 is 6.16. The van der Waals surface area contributed by atoms with Crippen LogP contribution in [-0.4, -0.2) is 36.7 Å². The number of carboxylic acid groups (broad SMARTS) is 1. The second kappa shape index (κ2) is 10.9. The van der Waals surface area contributed by atoms with Gasteiger partial charge in [0.1, 0.15) is 6.10 Å². The van der Waals surface area contributed by atoms with Crippen molar-refractivity contribution in [1.29, 1.82) is 0 Å². The third-order valence-electron chi connectivity index (χ3n) is 15.5. The van der Waals surface area contributed by atoms with Crippen LogP contribution in [0.2, 0.25) is 0 Å². The van der Waals surface area contributed by atoms with Gasteiger partial charge in [0.25, 0.3) is 0 Å². The van der Waals surface area contributed by atoms with Gasteiger partial charge in [0.15, 0.2) is 0 Å². The fourth-order valence-corrected chi connectivity index (χ4v) is 12.9. The topological polar surface area (TPSA) is 75.6 Å². The highest BCUT2D eigenvalue weighted by Crippen LogP contribution is 2.78. The minimum Gasteiger partial charge on any atom is -0.481 e. The summed E-state index contributed by atoms with van der Waals surface area (Å²) in [7, 11) is 2.11. The highest BCUT2D eigenvalue weighted by molar-refractivity contribution is 5.81. The molecule has 3 unspecified atom stereocenters. The number of allylic oxidation sites excluding steroid dienone is 1. The summed E-state index contributed by atoms with van der Waals surface area (Å²) in [4.78, 5) is 24.7. The maximum absolute atomic E-state index is 13.0. The van der Waals surface area contributed by atoms with Gasteiger partial charge in [-0.2, -0.15) is 0 Å². The van der Waals surface area contributed by atoms with E-state index in [4.69, 9.17) is 4.74 Å². The predicted octanol–water partition coefficient (Wildman–Crippen LogP) is 8.67. The molecule has 0 aromatic heterocycles. The Balaban J connectivity index is 1.41. The van der Waals surface area contributed by atoms with Gasteiger partial charge in [-0.1, -0.05) is 46.8 Å². The zero-order valence-electron chi connectivity index (χ0n) is 29.0. The molecule has 5 nitrogen and oxygen atoms in total. The van der Waals surface area contributed by atoms with Crippen LogP contribution < -0.4 is 5.32 Å². The van der Waals surface area contributed by atoms with Gasteiger partial charge in [0.2, 0.25) is 0 Å². The number of ether oxygens (including phenoxy) is 1. The molecular formula is C38H63NO4. The SMILES string of the molecule is C=C(C)[C@@H]1CC[C@]2(CCNC)CC[C@]3(C)[C@H](CCC4[C@@]5(C)CC[C@H](OC(=O)CC(C)(C)C(=O)O)C(C)(C)C5CC[C@]43C)C12. The molecule has 0 amide bonds. The van der Waals surface area contributed by atoms with Gasteiger partial charge < -0.3 is 15.2 Å². The van der Waals surface area contributed by atoms with E-state index < -0.39 is 11.4 Å². The van der Waals surface area contributed by atoms with Crippen LogP contribution in [0.1, 0.15) is 132 Å². The lowest BCUT2D eigenvalue weighted by Crippen LogP contribution is -2.66. The first-order chi connectivity index (χ1) is 19.9. The minimum atomic E-state index is -1.11. The number of aliphatic carboxylic acids is 1. The van der Waals surface area contributed by atoms with E-state index in [1.54, 1.807) is 13.8 Å². The first-order valence-corrected chi connectivity index (χ1v) is 17.6. The fourth-order valence-electron chi connectivity index (χ4n) is 12.9. The summed E-state index contributed by atoms with van der Waals surface area (Å²) in [5.74, 6) is 2.05. The Hall–Kier alpha value is -1.36. The maximum atomic E-state index is 13.0. The first-order valence-electron chi connectivity index (χ1n) is 17.6. The van der Waals surface area contributed by atoms with Crippen molar-refractivity contribution < 1.29 is 19.4 Å². The van der Waals surface area contributed by atoms with Crippen LogP contribution in [0.5, 0.6) is 0 Å². The third kappa shape index (κ3) is 4.87. The Morgan fingerprint density at radius 3 is 2.23 bits per heavy atom. The number of hydrogen-bond acceptors (Lipinski definition) is 4. The molecule has 0 saturated heterocycles. The Bertz CT molecular complexity index is 1130. The number of hydrogen-bond donors (Lipinski definition) is 2. The van der Waals surface area contributed by atoms with E-state index in [1.807, 2.05) is 0 Å². The third-order valence-corrected chi connectivity index (χ3v) is 15.5. The molecule has 0 aromatic rings. The van der Waals surface area contributed by atoms with Crippen molar-refractivity contribution in [3.8, 4) is 0 Å². The summed E-state index contributed by atoms with van der Waals surface area (Å²) >= 11 is 0. The Morgan fingerprint density at radius 2 is 1.60 bits per heavy atom. The Labute approximate surface area is 262 Å². The minimum absolute atomic E-state index is 0.0839. The number of fused-ring (bicyclic) bond motifs is 7. The molecule has 43 heavy (non-hydrogen) atoms. The van der Waals surface area contributed by atoms with Gasteiger partial charge in [0, 0.05) is 5.41 Å². The highest BCUT2D eigenvalue weighted by atomic mass is 16.5. The van der Waals surface area contributed by atoms with Crippen molar-refractivity contribution in [1.82, 2.24) is 5.32 Å². The number of carbonyl (C=O) groups is 2. The van der Waals surface area contributed by atoms with E-state index in [1.165, 1.54) is 63.4 Å². The van der Waals surface area contributed by atoms with E-state index in [0.29, 0.717) is 34.0 Å². The molecule has 0 bridgehead atoms. The summed E-state index contributed by atoms with van der Waals surface area (Å²) in [6, 6.07) is 0. The van der Waals surface area contributed by atoms with Crippen LogP contribution in [-0.2, 0) is 14.3 Å². The number of carbonyl (C=O) groups excluding carboxylic acids is 1. The summed E-state index contributed by atoms with van der Waals surface area (Å²) in [6.07, 6.45) is 13.6. The van der Waals surface area contributed by atoms with Crippen molar-refractivity contribution in [3.05, 3.63) is 12.2 Å². The van der Waals surface area contributed by atoms with Gasteiger partial charge in [-0.25, -0.2) is 0 Å². The average Bonchev–Trinajstić information content (AvgIpc) is 3.29. The maximum Gasteiger partial charge on any atom is 0.309 e. The fraction of sp³-hybridized carbons (Fsp3) is 0.895. The van der Waals surface area contributed by atoms with Crippen molar-refractivity contribution in [2.24, 2.45) is 62.1 Å². The largest absolute Gasteiger partial charge is 0.481 e. The molecule has 2 N–H and O–H groups in total. The van der Waals surface area contributed by atoms with Gasteiger partial charge in [-0.15, -0.1) is 0 Å². The summed E-state index contributed by atoms with van der Waals surface area (Å²) in [6.45, 7) is 23.9. The van der Waals surface area contributed by atoms with Crippen LogP contribution in [0.3, 0.4) is 0 Å². The normalized spacial score (nSPS) is 45.2. The quantitative estimate of drug-likeness (QED) is 0.216. The van der Waals surface area contributed by atoms with Gasteiger partial charge in [-0.05, 0) is 156 Å². The van der Waals surface area contributed by atoms with Crippen LogP contribution in [0, 0.1) is 62.1 Å². The molecule has 10 atom stereocenters. The van der Waals surface area contributed by atoms with Crippen LogP contribution in [0.25, 0.3) is 0 Å². The Kier molecular flexibility index (Phi) is 8.35. The van der Waals surface area contributed by atoms with Crippen LogP contribution >= 0.6 is 0 Å². The Morgan fingerprint density at radius 1 is 0.907 bits per heavy atom. The lowest BCUT2D eigenvalue weighted by Gasteiger charge is -2.73. The molecule has 5 saturated carbocycles. The number of rotatable bonds is 8.